The Hall–Kier alpha value is -2.91. The summed E-state index contributed by atoms with van der Waals surface area (Å²) in [6, 6.07) is 14.8. The number of hydrogen-bond acceptors (Lipinski definition) is 5. The van der Waals surface area contributed by atoms with Crippen LogP contribution in [0.2, 0.25) is 0 Å². The minimum atomic E-state index is -3.62. The molecule has 0 atom stereocenters. The number of oxazole rings is 1. The molecule has 2 saturated heterocycles. The third-order valence-corrected chi connectivity index (χ3v) is 8.86. The van der Waals surface area contributed by atoms with Crippen molar-refractivity contribution in [3.63, 3.8) is 0 Å². The molecule has 0 aliphatic carbocycles. The van der Waals surface area contributed by atoms with Crippen molar-refractivity contribution in [3.8, 4) is 0 Å². The Bertz CT molecular complexity index is 1330. The number of hydrogen-bond donors (Lipinski definition) is 0. The standard InChI is InChI=1S/C25H29N3O5S/c29-24(26-14-10-20(11-15-26)16-19-6-2-1-3-7-19)18-28-22-9-8-21(17-23(22)33-25(28)30)34(31,32)27-12-4-5-13-27/h1-3,6-9,17,20H,4-5,10-16,18H2. The van der Waals surface area contributed by atoms with E-state index in [0.717, 1.165) is 32.1 Å². The monoisotopic (exact) mass is 483 g/mol. The molecule has 180 valence electrons. The summed E-state index contributed by atoms with van der Waals surface area (Å²) in [5.41, 5.74) is 1.92. The molecule has 9 heteroatoms. The highest BCUT2D eigenvalue weighted by Crippen LogP contribution is 2.25. The molecule has 0 bridgehead atoms. The molecule has 3 heterocycles. The van der Waals surface area contributed by atoms with Crippen LogP contribution in [-0.4, -0.2) is 54.3 Å². The topological polar surface area (TPSA) is 92.8 Å². The summed E-state index contributed by atoms with van der Waals surface area (Å²) in [4.78, 5) is 27.4. The molecule has 3 aromatic rings. The quantitative estimate of drug-likeness (QED) is 0.538. The summed E-state index contributed by atoms with van der Waals surface area (Å²) >= 11 is 0. The lowest BCUT2D eigenvalue weighted by atomic mass is 9.90. The maximum absolute atomic E-state index is 12.9. The Kier molecular flexibility index (Phi) is 6.31. The van der Waals surface area contributed by atoms with Crippen LogP contribution in [0.25, 0.3) is 11.1 Å². The summed E-state index contributed by atoms with van der Waals surface area (Å²) in [5, 5.41) is 0. The molecule has 8 nitrogen and oxygen atoms in total. The molecular weight excluding hydrogens is 454 g/mol. The number of benzene rings is 2. The van der Waals surface area contributed by atoms with E-state index < -0.39 is 15.8 Å². The first-order valence-corrected chi connectivity index (χ1v) is 13.3. The van der Waals surface area contributed by atoms with Crippen LogP contribution in [0, 0.1) is 5.92 Å². The van der Waals surface area contributed by atoms with Crippen LogP contribution < -0.4 is 5.76 Å². The maximum atomic E-state index is 12.9. The minimum absolute atomic E-state index is 0.106. The van der Waals surface area contributed by atoms with E-state index >= 15 is 0 Å². The molecule has 34 heavy (non-hydrogen) atoms. The first-order valence-electron chi connectivity index (χ1n) is 11.9. The van der Waals surface area contributed by atoms with E-state index in [9.17, 15) is 18.0 Å². The van der Waals surface area contributed by atoms with E-state index in [1.165, 1.54) is 26.6 Å². The van der Waals surface area contributed by atoms with Gasteiger partial charge in [-0.3, -0.25) is 9.36 Å². The zero-order valence-electron chi connectivity index (χ0n) is 19.1. The molecule has 2 aromatic carbocycles. The summed E-state index contributed by atoms with van der Waals surface area (Å²) in [7, 11) is -3.62. The largest absolute Gasteiger partial charge is 0.420 e. The number of amides is 1. The number of fused-ring (bicyclic) bond motifs is 1. The van der Waals surface area contributed by atoms with Crippen LogP contribution in [0.3, 0.4) is 0 Å². The second kappa shape index (κ2) is 9.38. The van der Waals surface area contributed by atoms with Gasteiger partial charge in [-0.05, 0) is 55.7 Å². The highest BCUT2D eigenvalue weighted by molar-refractivity contribution is 7.89. The average Bonchev–Trinajstić information content (AvgIpc) is 3.49. The summed E-state index contributed by atoms with van der Waals surface area (Å²) in [6.45, 7) is 2.22. The highest BCUT2D eigenvalue weighted by Gasteiger charge is 2.29. The number of sulfonamides is 1. The van der Waals surface area contributed by atoms with Crippen LogP contribution >= 0.6 is 0 Å². The van der Waals surface area contributed by atoms with Crippen molar-refractivity contribution in [2.45, 2.75) is 43.5 Å². The van der Waals surface area contributed by atoms with Gasteiger partial charge in [-0.1, -0.05) is 30.3 Å². The van der Waals surface area contributed by atoms with E-state index in [-0.39, 0.29) is 22.9 Å². The van der Waals surface area contributed by atoms with Gasteiger partial charge < -0.3 is 9.32 Å². The molecule has 2 aliphatic rings. The lowest BCUT2D eigenvalue weighted by Crippen LogP contribution is -2.41. The Morgan fingerprint density at radius 2 is 1.68 bits per heavy atom. The Morgan fingerprint density at radius 3 is 2.38 bits per heavy atom. The number of carbonyl (C=O) groups excluding carboxylic acids is 1. The Labute approximate surface area is 198 Å². The predicted molar refractivity (Wildman–Crippen MR) is 128 cm³/mol. The van der Waals surface area contributed by atoms with E-state index in [1.54, 1.807) is 11.0 Å². The van der Waals surface area contributed by atoms with Gasteiger partial charge in [0.2, 0.25) is 15.9 Å². The Balaban J connectivity index is 1.26. The third kappa shape index (κ3) is 4.54. The minimum Gasteiger partial charge on any atom is -0.408 e. The van der Waals surface area contributed by atoms with Gasteiger partial charge in [0, 0.05) is 32.2 Å². The molecule has 0 unspecified atom stereocenters. The maximum Gasteiger partial charge on any atom is 0.420 e. The first kappa shape index (κ1) is 22.9. The molecule has 0 radical (unpaired) electrons. The van der Waals surface area contributed by atoms with Gasteiger partial charge in [-0.2, -0.15) is 4.31 Å². The van der Waals surface area contributed by atoms with Gasteiger partial charge in [0.1, 0.15) is 6.54 Å². The van der Waals surface area contributed by atoms with E-state index in [4.69, 9.17) is 4.42 Å². The summed E-state index contributed by atoms with van der Waals surface area (Å²) in [6.07, 6.45) is 4.56. The van der Waals surface area contributed by atoms with Crippen LogP contribution in [0.15, 0.2) is 62.6 Å². The number of likely N-dealkylation sites (tertiary alicyclic amines) is 1. The van der Waals surface area contributed by atoms with Gasteiger partial charge in [0.15, 0.2) is 5.58 Å². The van der Waals surface area contributed by atoms with E-state index in [2.05, 4.69) is 12.1 Å². The lowest BCUT2D eigenvalue weighted by Gasteiger charge is -2.32. The predicted octanol–water partition coefficient (Wildman–Crippen LogP) is 2.86. The fourth-order valence-corrected chi connectivity index (χ4v) is 6.54. The number of aromatic nitrogens is 1. The van der Waals surface area contributed by atoms with Gasteiger partial charge in [-0.25, -0.2) is 13.2 Å². The normalized spacial score (nSPS) is 18.1. The lowest BCUT2D eigenvalue weighted by molar-refractivity contribution is -0.133. The number of carbonyl (C=O) groups is 1. The van der Waals surface area contributed by atoms with Crippen LogP contribution in [0.1, 0.15) is 31.2 Å². The number of nitrogens with zero attached hydrogens (tertiary/aromatic N) is 3. The second-order valence-corrected chi connectivity index (χ2v) is 11.1. The first-order chi connectivity index (χ1) is 16.4. The average molecular weight is 484 g/mol. The van der Waals surface area contributed by atoms with Gasteiger partial charge in [0.25, 0.3) is 0 Å². The molecule has 1 aromatic heterocycles. The molecule has 0 spiro atoms. The molecular formula is C25H29N3O5S. The number of piperidine rings is 1. The van der Waals surface area contributed by atoms with Crippen molar-refractivity contribution >= 4 is 27.0 Å². The van der Waals surface area contributed by atoms with Gasteiger partial charge >= 0.3 is 5.76 Å². The highest BCUT2D eigenvalue weighted by atomic mass is 32.2. The third-order valence-electron chi connectivity index (χ3n) is 6.97. The van der Waals surface area contributed by atoms with E-state index in [0.29, 0.717) is 37.6 Å². The molecule has 5 rings (SSSR count). The van der Waals surface area contributed by atoms with Gasteiger partial charge in [-0.15, -0.1) is 0 Å². The van der Waals surface area contributed by atoms with Crippen molar-refractivity contribution < 1.29 is 17.6 Å². The van der Waals surface area contributed by atoms with Crippen LogP contribution in [0.4, 0.5) is 0 Å². The molecule has 2 aliphatic heterocycles. The molecule has 0 saturated carbocycles. The van der Waals surface area contributed by atoms with Gasteiger partial charge in [0.05, 0.1) is 10.4 Å². The zero-order valence-corrected chi connectivity index (χ0v) is 19.9. The fraction of sp³-hybridized carbons (Fsp3) is 0.440. The SMILES string of the molecule is O=C(Cn1c(=O)oc2cc(S(=O)(=O)N3CCCC3)ccc21)N1CCC(Cc2ccccc2)CC1. The summed E-state index contributed by atoms with van der Waals surface area (Å²) < 4.78 is 33.7. The summed E-state index contributed by atoms with van der Waals surface area (Å²) in [5.74, 6) is -0.241. The van der Waals surface area contributed by atoms with Crippen LogP contribution in [-0.2, 0) is 27.8 Å². The Morgan fingerprint density at radius 1 is 0.971 bits per heavy atom. The molecule has 1 amide bonds. The van der Waals surface area contributed by atoms with Crippen molar-refractivity contribution in [1.29, 1.82) is 0 Å². The molecule has 2 fully saturated rings. The van der Waals surface area contributed by atoms with Crippen LogP contribution in [0.5, 0.6) is 0 Å². The van der Waals surface area contributed by atoms with Crippen molar-refractivity contribution in [2.24, 2.45) is 5.92 Å². The zero-order chi connectivity index (χ0) is 23.7. The number of rotatable bonds is 6. The fourth-order valence-electron chi connectivity index (χ4n) is 5.00. The van der Waals surface area contributed by atoms with Crippen molar-refractivity contribution in [2.75, 3.05) is 26.2 Å². The molecule has 0 N–H and O–H groups in total. The van der Waals surface area contributed by atoms with E-state index in [1.807, 2.05) is 18.2 Å². The smallest absolute Gasteiger partial charge is 0.408 e. The van der Waals surface area contributed by atoms with Crippen molar-refractivity contribution in [1.82, 2.24) is 13.8 Å². The van der Waals surface area contributed by atoms with Crippen molar-refractivity contribution in [3.05, 3.63) is 64.6 Å². The second-order valence-electron chi connectivity index (χ2n) is 9.21.